The number of amides is 1. The van der Waals surface area contributed by atoms with Crippen LogP contribution in [-0.4, -0.2) is 73.7 Å². The van der Waals surface area contributed by atoms with Crippen LogP contribution in [0.25, 0.3) is 10.9 Å². The molecule has 10 heteroatoms. The molecule has 172 valence electrons. The zero-order valence-corrected chi connectivity index (χ0v) is 17.4. The quantitative estimate of drug-likeness (QED) is 0.604. The first-order valence-corrected chi connectivity index (χ1v) is 9.60. The van der Waals surface area contributed by atoms with Gasteiger partial charge in [-0.15, -0.1) is 0 Å². The summed E-state index contributed by atoms with van der Waals surface area (Å²) < 4.78 is 124. The predicted octanol–water partition coefficient (Wildman–Crippen LogP) is 1.72. The summed E-state index contributed by atoms with van der Waals surface area (Å²) in [7, 11) is 2.33. The third-order valence-electron chi connectivity index (χ3n) is 4.71. The lowest BCUT2D eigenvalue weighted by molar-refractivity contribution is -0.141. The summed E-state index contributed by atoms with van der Waals surface area (Å²) >= 11 is 0. The summed E-state index contributed by atoms with van der Waals surface area (Å²) in [6.45, 7) is -15.2. The highest BCUT2D eigenvalue weighted by atomic mass is 16.6. The molecule has 5 rings (SSSR count). The number of carbonyl (C=O) groups is 1. The fourth-order valence-corrected chi connectivity index (χ4v) is 3.12. The van der Waals surface area contributed by atoms with Crippen molar-refractivity contribution in [2.24, 2.45) is 0 Å². The second kappa shape index (κ2) is 8.53. The number of nitrogen functional groups attached to an aromatic ring is 1. The Balaban J connectivity index is 1.70. The van der Waals surface area contributed by atoms with Crippen molar-refractivity contribution in [3.8, 4) is 23.0 Å². The molecule has 3 heterocycles. The third kappa shape index (κ3) is 3.88. The number of para-hydroxylation sites is 2. The predicted molar refractivity (Wildman–Crippen MR) is 122 cm³/mol. The molecule has 1 unspecified atom stereocenters. The average Bonchev–Trinajstić information content (AvgIpc) is 2.96. The summed E-state index contributed by atoms with van der Waals surface area (Å²) in [6.07, 6.45) is -1.68. The van der Waals surface area contributed by atoms with Gasteiger partial charge in [-0.1, -0.05) is 12.1 Å². The SMILES string of the molecule is [2H]c1c(OC)c(OC)c([2H])c2c(N([2H])[2H])nc(N3C([2H])([2H])C([2H])([2H])N(C(=O)C4COc5ccccc5O4)C([2H])([2H])C3([2H])[2H])nc12. The molecule has 10 nitrogen and oxygen atoms in total. The maximum absolute atomic E-state index is 13.7. The van der Waals surface area contributed by atoms with Gasteiger partial charge in [-0.2, -0.15) is 4.98 Å². The molecule has 0 aliphatic carbocycles. The number of nitrogens with two attached hydrogens (primary N) is 1. The molecule has 0 spiro atoms. The van der Waals surface area contributed by atoms with Crippen LogP contribution in [0.1, 0.15) is 13.7 Å². The summed E-state index contributed by atoms with van der Waals surface area (Å²) in [4.78, 5) is 21.2. The van der Waals surface area contributed by atoms with Crippen LogP contribution in [0.15, 0.2) is 36.4 Å². The van der Waals surface area contributed by atoms with Crippen LogP contribution in [0.3, 0.4) is 0 Å². The number of carbonyl (C=O) groups excluding carboxylic acids is 1. The molecule has 2 aromatic carbocycles. The Morgan fingerprint density at radius 3 is 2.61 bits per heavy atom. The van der Waals surface area contributed by atoms with E-state index in [0.717, 1.165) is 7.11 Å². The van der Waals surface area contributed by atoms with Gasteiger partial charge in [0.2, 0.25) is 12.1 Å². The molecule has 2 aliphatic rings. The second-order valence-electron chi connectivity index (χ2n) is 6.71. The first kappa shape index (κ1) is 11.3. The molecule has 2 N–H and O–H groups in total. The van der Waals surface area contributed by atoms with Crippen molar-refractivity contribution in [3.05, 3.63) is 36.4 Å². The zero-order valence-electron chi connectivity index (χ0n) is 29.4. The summed E-state index contributed by atoms with van der Waals surface area (Å²) in [5, 5.41) is -0.415. The molecular weight excluding hydrogens is 426 g/mol. The zero-order chi connectivity index (χ0) is 33.4. The van der Waals surface area contributed by atoms with Gasteiger partial charge in [-0.3, -0.25) is 4.79 Å². The van der Waals surface area contributed by atoms with E-state index in [0.29, 0.717) is 0 Å². The Morgan fingerprint density at radius 1 is 1.15 bits per heavy atom. The average molecular weight is 464 g/mol. The number of hydrogen-bond donors (Lipinski definition) is 1. The van der Waals surface area contributed by atoms with E-state index in [1.165, 1.54) is 19.2 Å². The maximum Gasteiger partial charge on any atom is 0.267 e. The van der Waals surface area contributed by atoms with Crippen molar-refractivity contribution in [3.63, 3.8) is 0 Å². The van der Waals surface area contributed by atoms with E-state index in [1.54, 1.807) is 12.1 Å². The molecular formula is C23H25N5O5. The van der Waals surface area contributed by atoms with Gasteiger partial charge in [0.15, 0.2) is 25.8 Å². The Morgan fingerprint density at radius 2 is 1.88 bits per heavy atom. The molecule has 0 bridgehead atoms. The Hall–Kier alpha value is -3.95. The van der Waals surface area contributed by atoms with Crippen molar-refractivity contribution in [1.29, 1.82) is 0 Å². The first-order chi connectivity index (χ1) is 20.9. The normalized spacial score (nSPS) is 29.0. The number of piperazine rings is 1. The van der Waals surface area contributed by atoms with Gasteiger partial charge in [0, 0.05) is 37.4 Å². The van der Waals surface area contributed by atoms with E-state index < -0.39 is 79.4 Å². The largest absolute Gasteiger partial charge is 0.493 e. The molecule has 1 saturated heterocycles. The summed E-state index contributed by atoms with van der Waals surface area (Å²) in [5.41, 5.74) is -0.664. The van der Waals surface area contributed by atoms with E-state index >= 15 is 0 Å². The molecule has 33 heavy (non-hydrogen) atoms. The van der Waals surface area contributed by atoms with Gasteiger partial charge >= 0.3 is 0 Å². The van der Waals surface area contributed by atoms with Crippen LogP contribution in [-0.2, 0) is 4.79 Å². The van der Waals surface area contributed by atoms with E-state index in [2.05, 4.69) is 9.97 Å². The molecule has 1 atom stereocenters. The number of nitrogens with zero attached hydrogens (tertiary/aromatic N) is 4. The minimum absolute atomic E-state index is 0.0762. The molecule has 2 aliphatic heterocycles. The number of anilines is 2. The van der Waals surface area contributed by atoms with Gasteiger partial charge in [0.1, 0.15) is 12.4 Å². The minimum atomic E-state index is -3.67. The highest BCUT2D eigenvalue weighted by Crippen LogP contribution is 2.34. The van der Waals surface area contributed by atoms with E-state index in [1.807, 2.05) is 0 Å². The molecule has 1 fully saturated rings. The number of methoxy groups -OCH3 is 2. The lowest BCUT2D eigenvalue weighted by atomic mass is 10.2. The van der Waals surface area contributed by atoms with Crippen molar-refractivity contribution in [1.82, 2.24) is 14.9 Å². The Bertz CT molecular complexity index is 1670. The van der Waals surface area contributed by atoms with Crippen molar-refractivity contribution in [2.75, 3.05) is 57.4 Å². The number of fused-ring (bicyclic) bond motifs is 2. The van der Waals surface area contributed by atoms with Gasteiger partial charge < -0.3 is 34.5 Å². The lowest BCUT2D eigenvalue weighted by Gasteiger charge is -2.37. The van der Waals surface area contributed by atoms with E-state index in [4.69, 9.17) is 35.5 Å². The second-order valence-corrected chi connectivity index (χ2v) is 6.71. The van der Waals surface area contributed by atoms with Crippen LogP contribution in [0.5, 0.6) is 23.0 Å². The number of hydrogen-bond acceptors (Lipinski definition) is 9. The maximum atomic E-state index is 13.7. The van der Waals surface area contributed by atoms with E-state index in [-0.39, 0.29) is 38.5 Å². The number of ether oxygens (including phenoxy) is 4. The topological polar surface area (TPSA) is 112 Å². The van der Waals surface area contributed by atoms with Crippen LogP contribution < -0.4 is 29.6 Å². The van der Waals surface area contributed by atoms with Gasteiger partial charge in [-0.05, 0) is 18.2 Å². The van der Waals surface area contributed by atoms with Crippen molar-refractivity contribution in [2.45, 2.75) is 6.10 Å². The van der Waals surface area contributed by atoms with Gasteiger partial charge in [0.25, 0.3) is 5.91 Å². The van der Waals surface area contributed by atoms with Crippen molar-refractivity contribution < 1.29 is 40.3 Å². The number of aromatic nitrogens is 2. The highest BCUT2D eigenvalue weighted by molar-refractivity contribution is 5.91. The summed E-state index contributed by atoms with van der Waals surface area (Å²) in [6, 6.07) is 5.05. The third-order valence-corrected chi connectivity index (χ3v) is 4.71. The molecule has 0 saturated carbocycles. The highest BCUT2D eigenvalue weighted by Gasteiger charge is 2.33. The van der Waals surface area contributed by atoms with Crippen LogP contribution in [0.4, 0.5) is 11.8 Å². The standard InChI is InChI=1S/C23H25N5O5/c1-30-18-11-14-15(12-19(18)31-2)25-23(26-21(14)24)28-9-7-27(8-10-28)22(29)20-13-32-16-5-3-4-6-17(16)33-20/h3-6,11-12,20H,7-10,13H2,1-2H3,(H2,24,25,26)/i7D2,8D2,9D2,10D2,11D,12D/hD2. The van der Waals surface area contributed by atoms with Gasteiger partial charge in [0.05, 0.1) is 33.4 Å². The fraction of sp³-hybridized carbons (Fsp3) is 0.348. The molecule has 1 amide bonds. The van der Waals surface area contributed by atoms with Crippen LogP contribution in [0.2, 0.25) is 2.82 Å². The monoisotopic (exact) mass is 463 g/mol. The Labute approximate surface area is 207 Å². The minimum Gasteiger partial charge on any atom is -0.493 e. The summed E-state index contributed by atoms with van der Waals surface area (Å²) in [5.74, 6) is -3.60. The van der Waals surface area contributed by atoms with Crippen molar-refractivity contribution >= 4 is 28.6 Å². The van der Waals surface area contributed by atoms with Crippen LogP contribution >= 0.6 is 0 Å². The number of rotatable bonds is 5. The molecule has 3 aromatic rings. The molecule has 0 radical (unpaired) electrons. The van der Waals surface area contributed by atoms with Crippen LogP contribution in [0, 0.1) is 0 Å². The molecule has 1 aromatic heterocycles. The first-order valence-electron chi connectivity index (χ1n) is 15.5. The lowest BCUT2D eigenvalue weighted by Crippen LogP contribution is -2.54. The smallest absolute Gasteiger partial charge is 0.267 e. The Kier molecular flexibility index (Phi) is 2.91. The van der Waals surface area contributed by atoms with E-state index in [9.17, 15) is 4.79 Å². The fourth-order valence-electron chi connectivity index (χ4n) is 3.12. The number of benzene rings is 2. The van der Waals surface area contributed by atoms with Gasteiger partial charge in [-0.25, -0.2) is 4.98 Å².